The number of carboxylic acids is 1. The number of aromatic nitrogens is 1. The van der Waals surface area contributed by atoms with Crippen molar-refractivity contribution in [3.8, 4) is 5.69 Å². The van der Waals surface area contributed by atoms with Crippen LogP contribution in [0.1, 0.15) is 10.5 Å². The van der Waals surface area contributed by atoms with Gasteiger partial charge >= 0.3 is 5.97 Å². The lowest BCUT2D eigenvalue weighted by molar-refractivity contribution is 0.0688. The van der Waals surface area contributed by atoms with Gasteiger partial charge in [-0.05, 0) is 24.3 Å². The van der Waals surface area contributed by atoms with Crippen LogP contribution in [0.15, 0.2) is 30.5 Å². The molecule has 88 valence electrons. The Bertz CT molecular complexity index is 595. The number of rotatable bonds is 2. The van der Waals surface area contributed by atoms with Crippen LogP contribution in [0.4, 0.5) is 4.39 Å². The lowest BCUT2D eigenvalue weighted by Gasteiger charge is -2.07. The first-order valence-corrected chi connectivity index (χ1v) is 5.31. The molecule has 6 heteroatoms. The molecule has 0 aliphatic heterocycles. The van der Waals surface area contributed by atoms with Gasteiger partial charge in [-0.1, -0.05) is 23.2 Å². The van der Waals surface area contributed by atoms with Gasteiger partial charge in [0.15, 0.2) is 0 Å². The van der Waals surface area contributed by atoms with Crippen molar-refractivity contribution in [3.05, 3.63) is 52.0 Å². The molecule has 0 aliphatic carbocycles. The fourth-order valence-corrected chi connectivity index (χ4v) is 1.83. The van der Waals surface area contributed by atoms with E-state index in [0.717, 1.165) is 10.6 Å². The number of carboxylic acid groups (broad SMARTS) is 1. The topological polar surface area (TPSA) is 42.2 Å². The summed E-state index contributed by atoms with van der Waals surface area (Å²) in [6, 6.07) is 5.22. The average molecular weight is 274 g/mol. The highest BCUT2D eigenvalue weighted by Crippen LogP contribution is 2.23. The maximum atomic E-state index is 13.6. The average Bonchev–Trinajstić information content (AvgIpc) is 2.60. The summed E-state index contributed by atoms with van der Waals surface area (Å²) >= 11 is 11.3. The first kappa shape index (κ1) is 12.0. The lowest BCUT2D eigenvalue weighted by atomic mass is 10.3. The molecule has 0 spiro atoms. The largest absolute Gasteiger partial charge is 0.477 e. The predicted molar refractivity (Wildman–Crippen MR) is 62.7 cm³/mol. The molecule has 1 aromatic carbocycles. The third kappa shape index (κ3) is 2.28. The normalized spacial score (nSPS) is 10.5. The van der Waals surface area contributed by atoms with E-state index in [-0.39, 0.29) is 21.4 Å². The molecule has 2 rings (SSSR count). The van der Waals surface area contributed by atoms with Crippen LogP contribution < -0.4 is 0 Å². The highest BCUT2D eigenvalue weighted by atomic mass is 35.5. The third-order valence-corrected chi connectivity index (χ3v) is 2.62. The number of benzene rings is 1. The minimum atomic E-state index is -1.19. The molecule has 3 nitrogen and oxygen atoms in total. The number of halogens is 3. The highest BCUT2D eigenvalue weighted by molar-refractivity contribution is 6.31. The number of nitrogens with zero attached hydrogens (tertiary/aromatic N) is 1. The van der Waals surface area contributed by atoms with Gasteiger partial charge in [0, 0.05) is 11.2 Å². The third-order valence-electron chi connectivity index (χ3n) is 2.17. The van der Waals surface area contributed by atoms with Gasteiger partial charge in [0.2, 0.25) is 0 Å². The van der Waals surface area contributed by atoms with Crippen molar-refractivity contribution in [2.24, 2.45) is 0 Å². The number of hydrogen-bond acceptors (Lipinski definition) is 1. The molecule has 0 aliphatic rings. The Morgan fingerprint density at radius 1 is 1.24 bits per heavy atom. The first-order chi connectivity index (χ1) is 7.99. The number of aromatic carboxylic acids is 1. The summed E-state index contributed by atoms with van der Waals surface area (Å²) < 4.78 is 14.8. The molecule has 17 heavy (non-hydrogen) atoms. The summed E-state index contributed by atoms with van der Waals surface area (Å²) in [4.78, 5) is 11.0. The smallest absolute Gasteiger partial charge is 0.352 e. The molecule has 0 unspecified atom stereocenters. The standard InChI is InChI=1S/C11H6Cl2FNO2/c12-6-1-2-9(8(14)3-6)15-5-7(13)4-10(15)11(16)17/h1-5H,(H,16,17). The summed E-state index contributed by atoms with van der Waals surface area (Å²) in [7, 11) is 0. The summed E-state index contributed by atoms with van der Waals surface area (Å²) in [6.45, 7) is 0. The molecule has 0 fully saturated rings. The summed E-state index contributed by atoms with van der Waals surface area (Å²) in [6.07, 6.45) is 1.33. The van der Waals surface area contributed by atoms with Crippen LogP contribution in [0.25, 0.3) is 5.69 Å². The van der Waals surface area contributed by atoms with Crippen LogP contribution in [0.3, 0.4) is 0 Å². The Morgan fingerprint density at radius 3 is 2.53 bits per heavy atom. The molecule has 0 saturated carbocycles. The second kappa shape index (κ2) is 4.39. The van der Waals surface area contributed by atoms with Gasteiger partial charge < -0.3 is 9.67 Å². The van der Waals surface area contributed by atoms with Crippen LogP contribution in [-0.2, 0) is 0 Å². The molecule has 0 amide bonds. The maximum Gasteiger partial charge on any atom is 0.352 e. The van der Waals surface area contributed by atoms with E-state index in [2.05, 4.69) is 0 Å². The van der Waals surface area contributed by atoms with Gasteiger partial charge in [-0.15, -0.1) is 0 Å². The zero-order chi connectivity index (χ0) is 12.6. The zero-order valence-electron chi connectivity index (χ0n) is 8.32. The summed E-state index contributed by atoms with van der Waals surface area (Å²) in [5, 5.41) is 9.41. The first-order valence-electron chi connectivity index (χ1n) is 4.55. The van der Waals surface area contributed by atoms with Crippen molar-refractivity contribution in [1.82, 2.24) is 4.57 Å². The Hall–Kier alpha value is -1.52. The van der Waals surface area contributed by atoms with E-state index >= 15 is 0 Å². The molecule has 0 atom stereocenters. The lowest BCUT2D eigenvalue weighted by Crippen LogP contribution is -2.07. The Balaban J connectivity index is 2.63. The van der Waals surface area contributed by atoms with Crippen molar-refractivity contribution in [2.75, 3.05) is 0 Å². The van der Waals surface area contributed by atoms with E-state index in [1.165, 1.54) is 24.4 Å². The monoisotopic (exact) mass is 273 g/mol. The van der Waals surface area contributed by atoms with E-state index in [0.29, 0.717) is 0 Å². The quantitative estimate of drug-likeness (QED) is 0.908. The van der Waals surface area contributed by atoms with Gasteiger partial charge in [0.05, 0.1) is 10.7 Å². The molecule has 0 radical (unpaired) electrons. The molecule has 0 bridgehead atoms. The SMILES string of the molecule is O=C(O)c1cc(Cl)cn1-c1ccc(Cl)cc1F. The molecule has 0 saturated heterocycles. The molecular formula is C11H6Cl2FNO2. The van der Waals surface area contributed by atoms with Crippen molar-refractivity contribution in [1.29, 1.82) is 0 Å². The van der Waals surface area contributed by atoms with Crippen molar-refractivity contribution >= 4 is 29.2 Å². The minimum Gasteiger partial charge on any atom is -0.477 e. The van der Waals surface area contributed by atoms with Gasteiger partial charge in [0.1, 0.15) is 11.5 Å². The zero-order valence-corrected chi connectivity index (χ0v) is 9.84. The molecular weight excluding hydrogens is 268 g/mol. The van der Waals surface area contributed by atoms with E-state index in [1.807, 2.05) is 0 Å². The van der Waals surface area contributed by atoms with Crippen LogP contribution in [0, 0.1) is 5.82 Å². The Kier molecular flexibility index (Phi) is 3.09. The van der Waals surface area contributed by atoms with Crippen molar-refractivity contribution in [2.45, 2.75) is 0 Å². The van der Waals surface area contributed by atoms with E-state index in [9.17, 15) is 9.18 Å². The van der Waals surface area contributed by atoms with Gasteiger partial charge in [-0.2, -0.15) is 0 Å². The fourth-order valence-electron chi connectivity index (χ4n) is 1.47. The highest BCUT2D eigenvalue weighted by Gasteiger charge is 2.15. The van der Waals surface area contributed by atoms with Crippen LogP contribution in [0.2, 0.25) is 10.0 Å². The van der Waals surface area contributed by atoms with E-state index in [1.54, 1.807) is 0 Å². The number of hydrogen-bond donors (Lipinski definition) is 1. The van der Waals surface area contributed by atoms with Gasteiger partial charge in [-0.25, -0.2) is 9.18 Å². The van der Waals surface area contributed by atoms with Crippen LogP contribution in [-0.4, -0.2) is 15.6 Å². The molecule has 1 heterocycles. The second-order valence-corrected chi connectivity index (χ2v) is 4.19. The fraction of sp³-hybridized carbons (Fsp3) is 0. The summed E-state index contributed by atoms with van der Waals surface area (Å²) in [5.74, 6) is -1.81. The van der Waals surface area contributed by atoms with Crippen LogP contribution in [0.5, 0.6) is 0 Å². The number of carbonyl (C=O) groups is 1. The molecule has 1 N–H and O–H groups in total. The molecule has 1 aromatic heterocycles. The van der Waals surface area contributed by atoms with Crippen LogP contribution >= 0.6 is 23.2 Å². The summed E-state index contributed by atoms with van der Waals surface area (Å²) in [5.41, 5.74) is -0.0325. The van der Waals surface area contributed by atoms with Crippen molar-refractivity contribution < 1.29 is 14.3 Å². The van der Waals surface area contributed by atoms with Crippen molar-refractivity contribution in [3.63, 3.8) is 0 Å². The Morgan fingerprint density at radius 2 is 1.94 bits per heavy atom. The maximum absolute atomic E-state index is 13.6. The van der Waals surface area contributed by atoms with E-state index < -0.39 is 11.8 Å². The van der Waals surface area contributed by atoms with E-state index in [4.69, 9.17) is 28.3 Å². The van der Waals surface area contributed by atoms with Gasteiger partial charge in [-0.3, -0.25) is 0 Å². The Labute approximate surface area is 106 Å². The predicted octanol–water partition coefficient (Wildman–Crippen LogP) is 3.62. The minimum absolute atomic E-state index is 0.0821. The molecule has 2 aromatic rings. The van der Waals surface area contributed by atoms with Gasteiger partial charge in [0.25, 0.3) is 0 Å². The second-order valence-electron chi connectivity index (χ2n) is 3.31.